The number of rotatable bonds is 4. The van der Waals surface area contributed by atoms with Crippen molar-refractivity contribution in [1.82, 2.24) is 4.98 Å². The van der Waals surface area contributed by atoms with Crippen molar-refractivity contribution in [3.63, 3.8) is 0 Å². The minimum atomic E-state index is -0.108. The molecule has 3 aromatic rings. The van der Waals surface area contributed by atoms with E-state index in [0.717, 1.165) is 10.9 Å². The molecule has 3 nitrogen and oxygen atoms in total. The molecule has 0 fully saturated rings. The summed E-state index contributed by atoms with van der Waals surface area (Å²) in [6.07, 6.45) is 1.58. The zero-order valence-corrected chi connectivity index (χ0v) is 11.9. The molecule has 3 rings (SSSR count). The zero-order valence-electron chi connectivity index (χ0n) is 11.1. The lowest BCUT2D eigenvalue weighted by atomic mass is 10.1. The molecular weight excluding hydrogens is 286 g/mol. The summed E-state index contributed by atoms with van der Waals surface area (Å²) in [6.45, 7) is -0.0261. The number of hydrogen-bond donors (Lipinski definition) is 0. The molecule has 0 radical (unpaired) electrons. The smallest absolute Gasteiger partial charge is 0.201 e. The predicted molar refractivity (Wildman–Crippen MR) is 83.0 cm³/mol. The van der Waals surface area contributed by atoms with Crippen molar-refractivity contribution in [3.8, 4) is 5.75 Å². The van der Waals surface area contributed by atoms with E-state index in [1.165, 1.54) is 0 Å². The second kappa shape index (κ2) is 5.94. The quantitative estimate of drug-likeness (QED) is 0.679. The third-order valence-electron chi connectivity index (χ3n) is 3.10. The Balaban J connectivity index is 1.73. The van der Waals surface area contributed by atoms with E-state index >= 15 is 0 Å². The molecule has 1 heterocycles. The number of pyridine rings is 1. The lowest BCUT2D eigenvalue weighted by Gasteiger charge is -2.06. The molecule has 0 saturated heterocycles. The number of Topliss-reactive ketones (excluding diaryl/α,β-unsaturated/α-hetero) is 1. The summed E-state index contributed by atoms with van der Waals surface area (Å²) >= 11 is 5.79. The Hall–Kier alpha value is -2.39. The van der Waals surface area contributed by atoms with Crippen LogP contribution in [0.5, 0.6) is 5.75 Å². The molecule has 0 spiro atoms. The summed E-state index contributed by atoms with van der Waals surface area (Å²) in [7, 11) is 0. The van der Waals surface area contributed by atoms with Crippen LogP contribution in [-0.2, 0) is 0 Å². The van der Waals surface area contributed by atoms with E-state index in [9.17, 15) is 4.79 Å². The first-order chi connectivity index (χ1) is 10.2. The first-order valence-corrected chi connectivity index (χ1v) is 6.86. The maximum Gasteiger partial charge on any atom is 0.201 e. The standard InChI is InChI=1S/C17H12ClNO2/c18-14-5-7-15(8-6-14)21-11-17(20)13-9-12-3-1-2-4-16(12)19-10-13/h1-10H,11H2. The molecule has 0 aliphatic carbocycles. The highest BCUT2D eigenvalue weighted by Crippen LogP contribution is 2.17. The molecule has 0 amide bonds. The zero-order chi connectivity index (χ0) is 14.7. The summed E-state index contributed by atoms with van der Waals surface area (Å²) in [5.41, 5.74) is 1.41. The SMILES string of the molecule is O=C(COc1ccc(Cl)cc1)c1cnc2ccccc2c1. The van der Waals surface area contributed by atoms with Crippen LogP contribution in [0.25, 0.3) is 10.9 Å². The van der Waals surface area contributed by atoms with Gasteiger partial charge in [-0.05, 0) is 36.4 Å². The van der Waals surface area contributed by atoms with E-state index in [0.29, 0.717) is 16.3 Å². The fourth-order valence-corrected chi connectivity index (χ4v) is 2.11. The fourth-order valence-electron chi connectivity index (χ4n) is 1.99. The largest absolute Gasteiger partial charge is 0.485 e. The van der Waals surface area contributed by atoms with Crippen LogP contribution in [0.2, 0.25) is 5.02 Å². The van der Waals surface area contributed by atoms with Gasteiger partial charge in [0.2, 0.25) is 5.78 Å². The minimum Gasteiger partial charge on any atom is -0.485 e. The average Bonchev–Trinajstić information content (AvgIpc) is 2.53. The molecule has 0 unspecified atom stereocenters. The molecule has 0 aliphatic heterocycles. The van der Waals surface area contributed by atoms with E-state index in [1.807, 2.05) is 30.3 Å². The second-order valence-electron chi connectivity index (χ2n) is 4.58. The number of ether oxygens (including phenoxy) is 1. The van der Waals surface area contributed by atoms with E-state index in [4.69, 9.17) is 16.3 Å². The van der Waals surface area contributed by atoms with E-state index < -0.39 is 0 Å². The Morgan fingerprint density at radius 1 is 1.10 bits per heavy atom. The molecular formula is C17H12ClNO2. The first-order valence-electron chi connectivity index (χ1n) is 6.49. The van der Waals surface area contributed by atoms with Crippen LogP contribution in [0.1, 0.15) is 10.4 Å². The van der Waals surface area contributed by atoms with Gasteiger partial charge in [0.05, 0.1) is 5.52 Å². The van der Waals surface area contributed by atoms with Crippen LogP contribution in [-0.4, -0.2) is 17.4 Å². The van der Waals surface area contributed by atoms with Gasteiger partial charge in [0.1, 0.15) is 5.75 Å². The number of aromatic nitrogens is 1. The van der Waals surface area contributed by atoms with E-state index in [2.05, 4.69) is 4.98 Å². The summed E-state index contributed by atoms with van der Waals surface area (Å²) in [5, 5.41) is 1.57. The maximum atomic E-state index is 12.1. The normalized spacial score (nSPS) is 10.5. The number of benzene rings is 2. The third-order valence-corrected chi connectivity index (χ3v) is 3.35. The molecule has 2 aromatic carbocycles. The Bertz CT molecular complexity index is 784. The lowest BCUT2D eigenvalue weighted by molar-refractivity contribution is 0.0921. The van der Waals surface area contributed by atoms with Crippen molar-refractivity contribution in [3.05, 3.63) is 71.4 Å². The summed E-state index contributed by atoms with van der Waals surface area (Å²) in [5.74, 6) is 0.504. The van der Waals surface area contributed by atoms with Gasteiger partial charge < -0.3 is 4.74 Å². The summed E-state index contributed by atoms with van der Waals surface area (Å²) in [4.78, 5) is 16.4. The molecule has 0 N–H and O–H groups in total. The van der Waals surface area contributed by atoms with Crippen molar-refractivity contribution in [2.45, 2.75) is 0 Å². The van der Waals surface area contributed by atoms with Crippen LogP contribution >= 0.6 is 11.6 Å². The second-order valence-corrected chi connectivity index (χ2v) is 5.02. The number of fused-ring (bicyclic) bond motifs is 1. The maximum absolute atomic E-state index is 12.1. The Morgan fingerprint density at radius 3 is 2.67 bits per heavy atom. The number of hydrogen-bond acceptors (Lipinski definition) is 3. The van der Waals surface area contributed by atoms with Gasteiger partial charge in [-0.15, -0.1) is 0 Å². The van der Waals surface area contributed by atoms with Crippen LogP contribution < -0.4 is 4.74 Å². The van der Waals surface area contributed by atoms with Gasteiger partial charge in [-0.3, -0.25) is 9.78 Å². The number of halogens is 1. The van der Waals surface area contributed by atoms with Crippen molar-refractivity contribution in [2.24, 2.45) is 0 Å². The van der Waals surface area contributed by atoms with E-state index in [1.54, 1.807) is 30.5 Å². The molecule has 1 aromatic heterocycles. The van der Waals surface area contributed by atoms with Crippen molar-refractivity contribution in [2.75, 3.05) is 6.61 Å². The number of carbonyl (C=O) groups is 1. The van der Waals surface area contributed by atoms with Crippen LogP contribution in [0.4, 0.5) is 0 Å². The highest BCUT2D eigenvalue weighted by molar-refractivity contribution is 6.30. The van der Waals surface area contributed by atoms with Crippen LogP contribution in [0.3, 0.4) is 0 Å². The monoisotopic (exact) mass is 297 g/mol. The van der Waals surface area contributed by atoms with Gasteiger partial charge in [0.25, 0.3) is 0 Å². The van der Waals surface area contributed by atoms with E-state index in [-0.39, 0.29) is 12.4 Å². The van der Waals surface area contributed by atoms with Crippen molar-refractivity contribution in [1.29, 1.82) is 0 Å². The minimum absolute atomic E-state index is 0.0261. The van der Waals surface area contributed by atoms with Gasteiger partial charge in [0, 0.05) is 22.2 Å². The topological polar surface area (TPSA) is 39.2 Å². The molecule has 104 valence electrons. The molecule has 4 heteroatoms. The summed E-state index contributed by atoms with van der Waals surface area (Å²) in [6, 6.07) is 16.4. The van der Waals surface area contributed by atoms with Gasteiger partial charge >= 0.3 is 0 Å². The van der Waals surface area contributed by atoms with Gasteiger partial charge in [0.15, 0.2) is 6.61 Å². The molecule has 0 aliphatic rings. The first kappa shape index (κ1) is 13.6. The average molecular weight is 298 g/mol. The molecule has 0 atom stereocenters. The van der Waals surface area contributed by atoms with Gasteiger partial charge in [-0.25, -0.2) is 0 Å². The Kier molecular flexibility index (Phi) is 3.84. The number of para-hydroxylation sites is 1. The molecule has 0 bridgehead atoms. The van der Waals surface area contributed by atoms with Crippen molar-refractivity contribution >= 4 is 28.3 Å². The highest BCUT2D eigenvalue weighted by Gasteiger charge is 2.08. The predicted octanol–water partition coefficient (Wildman–Crippen LogP) is 4.15. The Labute approximate surface area is 127 Å². The van der Waals surface area contributed by atoms with Crippen LogP contribution in [0.15, 0.2) is 60.8 Å². The van der Waals surface area contributed by atoms with Gasteiger partial charge in [-0.2, -0.15) is 0 Å². The number of carbonyl (C=O) groups excluding carboxylic acids is 1. The molecule has 21 heavy (non-hydrogen) atoms. The third kappa shape index (κ3) is 3.20. The number of nitrogens with zero attached hydrogens (tertiary/aromatic N) is 1. The lowest BCUT2D eigenvalue weighted by Crippen LogP contribution is -2.11. The van der Waals surface area contributed by atoms with Crippen LogP contribution in [0, 0.1) is 0 Å². The van der Waals surface area contributed by atoms with Crippen molar-refractivity contribution < 1.29 is 9.53 Å². The fraction of sp³-hybridized carbons (Fsp3) is 0.0588. The molecule has 0 saturated carbocycles. The highest BCUT2D eigenvalue weighted by atomic mass is 35.5. The number of ketones is 1. The Morgan fingerprint density at radius 2 is 1.86 bits per heavy atom. The van der Waals surface area contributed by atoms with Gasteiger partial charge in [-0.1, -0.05) is 29.8 Å². The summed E-state index contributed by atoms with van der Waals surface area (Å²) < 4.78 is 5.45.